The third kappa shape index (κ3) is 2.91. The smallest absolute Gasteiger partial charge is 0.226 e. The molecule has 24 heavy (non-hydrogen) atoms. The van der Waals surface area contributed by atoms with Gasteiger partial charge in [-0.15, -0.1) is 10.2 Å². The topological polar surface area (TPSA) is 60.0 Å². The Hall–Kier alpha value is -2.63. The van der Waals surface area contributed by atoms with Crippen LogP contribution in [0.5, 0.6) is 0 Å². The van der Waals surface area contributed by atoms with Crippen LogP contribution in [0.2, 0.25) is 0 Å². The van der Waals surface area contributed by atoms with E-state index in [9.17, 15) is 0 Å². The summed E-state index contributed by atoms with van der Waals surface area (Å²) in [4.78, 5) is 6.56. The fourth-order valence-corrected chi connectivity index (χ4v) is 3.37. The molecule has 124 valence electrons. The van der Waals surface area contributed by atoms with Gasteiger partial charge in [-0.3, -0.25) is 4.98 Å². The van der Waals surface area contributed by atoms with Crippen molar-refractivity contribution in [1.82, 2.24) is 19.7 Å². The maximum absolute atomic E-state index is 5.39. The first-order chi connectivity index (χ1) is 11.8. The zero-order valence-corrected chi connectivity index (χ0v) is 13.8. The molecule has 0 N–H and O–H groups in total. The van der Waals surface area contributed by atoms with Gasteiger partial charge in [-0.05, 0) is 30.2 Å². The van der Waals surface area contributed by atoms with Crippen LogP contribution in [0.15, 0.2) is 47.3 Å². The van der Waals surface area contributed by atoms with Gasteiger partial charge in [0.25, 0.3) is 0 Å². The third-order valence-corrected chi connectivity index (χ3v) is 4.74. The van der Waals surface area contributed by atoms with Gasteiger partial charge in [-0.25, -0.2) is 0 Å². The average Bonchev–Trinajstić information content (AvgIpc) is 3.35. The number of rotatable bonds is 5. The summed E-state index contributed by atoms with van der Waals surface area (Å²) in [5.74, 6) is 3.45. The SMILES string of the molecule is Cn1c(CCc2ccco2)nnc1N1CCC(c2cccnc2)C1. The lowest BCUT2D eigenvalue weighted by molar-refractivity contribution is 0.505. The summed E-state index contributed by atoms with van der Waals surface area (Å²) in [6.45, 7) is 1.97. The molecule has 1 fully saturated rings. The lowest BCUT2D eigenvalue weighted by Gasteiger charge is -2.17. The van der Waals surface area contributed by atoms with Crippen molar-refractivity contribution in [3.8, 4) is 0 Å². The Balaban J connectivity index is 1.43. The highest BCUT2D eigenvalue weighted by atomic mass is 16.3. The van der Waals surface area contributed by atoms with E-state index in [1.807, 2.05) is 37.6 Å². The summed E-state index contributed by atoms with van der Waals surface area (Å²) in [5, 5.41) is 8.79. The van der Waals surface area contributed by atoms with Crippen LogP contribution in [0.1, 0.15) is 29.5 Å². The predicted molar refractivity (Wildman–Crippen MR) is 90.9 cm³/mol. The van der Waals surface area contributed by atoms with Crippen molar-refractivity contribution in [3.05, 3.63) is 60.1 Å². The lowest BCUT2D eigenvalue weighted by atomic mass is 10.0. The number of aryl methyl sites for hydroxylation is 2. The molecule has 0 saturated carbocycles. The Morgan fingerprint density at radius 1 is 1.21 bits per heavy atom. The maximum Gasteiger partial charge on any atom is 0.226 e. The van der Waals surface area contributed by atoms with Gasteiger partial charge >= 0.3 is 0 Å². The molecule has 0 amide bonds. The second-order valence-electron chi connectivity index (χ2n) is 6.27. The lowest BCUT2D eigenvalue weighted by Crippen LogP contribution is -2.23. The molecule has 0 aliphatic carbocycles. The molecule has 4 heterocycles. The first-order valence-corrected chi connectivity index (χ1v) is 8.37. The fraction of sp³-hybridized carbons (Fsp3) is 0.389. The monoisotopic (exact) mass is 323 g/mol. The molecule has 1 atom stereocenters. The molecule has 1 aliphatic heterocycles. The zero-order chi connectivity index (χ0) is 16.4. The second kappa shape index (κ2) is 6.47. The van der Waals surface area contributed by atoms with Crippen LogP contribution in [-0.2, 0) is 19.9 Å². The van der Waals surface area contributed by atoms with E-state index < -0.39 is 0 Å². The van der Waals surface area contributed by atoms with Crippen LogP contribution < -0.4 is 4.90 Å². The van der Waals surface area contributed by atoms with Gasteiger partial charge in [0.2, 0.25) is 5.95 Å². The first-order valence-electron chi connectivity index (χ1n) is 8.37. The molecule has 1 unspecified atom stereocenters. The fourth-order valence-electron chi connectivity index (χ4n) is 3.37. The van der Waals surface area contributed by atoms with Gasteiger partial charge in [0, 0.05) is 51.3 Å². The van der Waals surface area contributed by atoms with Crippen molar-refractivity contribution < 1.29 is 4.42 Å². The minimum atomic E-state index is 0.516. The molecule has 6 heteroatoms. The normalized spacial score (nSPS) is 17.5. The number of aromatic nitrogens is 4. The Bertz CT molecular complexity index is 781. The largest absolute Gasteiger partial charge is 0.469 e. The van der Waals surface area contributed by atoms with Crippen LogP contribution in [0.4, 0.5) is 5.95 Å². The molecule has 4 rings (SSSR count). The third-order valence-electron chi connectivity index (χ3n) is 4.74. The minimum Gasteiger partial charge on any atom is -0.469 e. The summed E-state index contributed by atoms with van der Waals surface area (Å²) in [7, 11) is 2.05. The number of hydrogen-bond donors (Lipinski definition) is 0. The maximum atomic E-state index is 5.39. The predicted octanol–water partition coefficient (Wildman–Crippen LogP) is 2.58. The van der Waals surface area contributed by atoms with Crippen LogP contribution >= 0.6 is 0 Å². The van der Waals surface area contributed by atoms with E-state index in [1.165, 1.54) is 5.56 Å². The van der Waals surface area contributed by atoms with Crippen molar-refractivity contribution in [2.75, 3.05) is 18.0 Å². The van der Waals surface area contributed by atoms with Crippen molar-refractivity contribution in [3.63, 3.8) is 0 Å². The van der Waals surface area contributed by atoms with Crippen LogP contribution in [0, 0.1) is 0 Å². The van der Waals surface area contributed by atoms with Gasteiger partial charge < -0.3 is 13.9 Å². The summed E-state index contributed by atoms with van der Waals surface area (Å²) in [5.41, 5.74) is 1.31. The molecule has 0 radical (unpaired) electrons. The Kier molecular flexibility index (Phi) is 4.02. The Labute approximate surface area is 141 Å². The Morgan fingerprint density at radius 2 is 2.17 bits per heavy atom. The molecule has 1 aliphatic rings. The van der Waals surface area contributed by atoms with E-state index in [1.54, 1.807) is 6.26 Å². The van der Waals surface area contributed by atoms with Crippen LogP contribution in [0.25, 0.3) is 0 Å². The van der Waals surface area contributed by atoms with Crippen molar-refractivity contribution in [1.29, 1.82) is 0 Å². The van der Waals surface area contributed by atoms with Crippen molar-refractivity contribution in [2.24, 2.45) is 7.05 Å². The summed E-state index contributed by atoms with van der Waals surface area (Å²) in [6, 6.07) is 8.08. The number of furan rings is 1. The number of hydrogen-bond acceptors (Lipinski definition) is 5. The zero-order valence-electron chi connectivity index (χ0n) is 13.8. The summed E-state index contributed by atoms with van der Waals surface area (Å²) in [6.07, 6.45) is 8.30. The first kappa shape index (κ1) is 14.9. The minimum absolute atomic E-state index is 0.516. The van der Waals surface area contributed by atoms with Gasteiger partial charge in [-0.2, -0.15) is 0 Å². The standard InChI is InChI=1S/C18H21N5O/c1-22-17(7-6-16-5-3-11-24-16)20-21-18(22)23-10-8-15(13-23)14-4-2-9-19-12-14/h2-5,9,11-12,15H,6-8,10,13H2,1H3. The van der Waals surface area contributed by atoms with Gasteiger partial charge in [0.05, 0.1) is 6.26 Å². The van der Waals surface area contributed by atoms with Crippen molar-refractivity contribution in [2.45, 2.75) is 25.2 Å². The quantitative estimate of drug-likeness (QED) is 0.722. The number of pyridine rings is 1. The van der Waals surface area contributed by atoms with Crippen LogP contribution in [-0.4, -0.2) is 32.8 Å². The molecule has 1 saturated heterocycles. The summed E-state index contributed by atoms with van der Waals surface area (Å²) >= 11 is 0. The highest BCUT2D eigenvalue weighted by Gasteiger charge is 2.27. The molecule has 6 nitrogen and oxygen atoms in total. The molecular weight excluding hydrogens is 302 g/mol. The highest BCUT2D eigenvalue weighted by Crippen LogP contribution is 2.29. The molecule has 3 aromatic rings. The van der Waals surface area contributed by atoms with E-state index in [0.717, 1.165) is 49.9 Å². The molecule has 3 aromatic heterocycles. The van der Waals surface area contributed by atoms with E-state index in [-0.39, 0.29) is 0 Å². The van der Waals surface area contributed by atoms with E-state index >= 15 is 0 Å². The van der Waals surface area contributed by atoms with Gasteiger partial charge in [0.1, 0.15) is 11.6 Å². The van der Waals surface area contributed by atoms with E-state index in [4.69, 9.17) is 4.42 Å². The number of nitrogens with zero attached hydrogens (tertiary/aromatic N) is 5. The summed E-state index contributed by atoms with van der Waals surface area (Å²) < 4.78 is 7.50. The molecule has 0 bridgehead atoms. The van der Waals surface area contributed by atoms with E-state index in [0.29, 0.717) is 5.92 Å². The second-order valence-corrected chi connectivity index (χ2v) is 6.27. The Morgan fingerprint density at radius 3 is 2.96 bits per heavy atom. The van der Waals surface area contributed by atoms with Gasteiger partial charge in [-0.1, -0.05) is 6.07 Å². The van der Waals surface area contributed by atoms with Crippen LogP contribution in [0.3, 0.4) is 0 Å². The average molecular weight is 323 g/mol. The molecular formula is C18H21N5O. The molecule has 0 aromatic carbocycles. The highest BCUT2D eigenvalue weighted by molar-refractivity contribution is 5.35. The van der Waals surface area contributed by atoms with Crippen molar-refractivity contribution >= 4 is 5.95 Å². The number of anilines is 1. The van der Waals surface area contributed by atoms with E-state index in [2.05, 4.69) is 30.7 Å². The van der Waals surface area contributed by atoms with Gasteiger partial charge in [0.15, 0.2) is 0 Å². The molecule has 0 spiro atoms.